The average molecular weight is 200 g/mol. The van der Waals surface area contributed by atoms with Crippen LogP contribution in [0.2, 0.25) is 0 Å². The van der Waals surface area contributed by atoms with Crippen LogP contribution in [0.25, 0.3) is 0 Å². The van der Waals surface area contributed by atoms with E-state index in [2.05, 4.69) is 10.3 Å². The second-order valence-electron chi connectivity index (χ2n) is 3.76. The Hall–Kier alpha value is -1.58. The minimum Gasteiger partial charge on any atom is -0.383 e. The molecule has 0 atom stereocenters. The lowest BCUT2D eigenvalue weighted by atomic mass is 10.0. The number of ketones is 1. The van der Waals surface area contributed by atoms with E-state index >= 15 is 0 Å². The van der Waals surface area contributed by atoms with Crippen LogP contribution in [-0.4, -0.2) is 18.6 Å². The van der Waals surface area contributed by atoms with Gasteiger partial charge in [0.25, 0.3) is 0 Å². The van der Waals surface area contributed by atoms with E-state index in [1.807, 2.05) is 26.0 Å². The van der Waals surface area contributed by atoms with Crippen LogP contribution in [0, 0.1) is 0 Å². The highest BCUT2D eigenvalue weighted by Gasteiger charge is 2.10. The summed E-state index contributed by atoms with van der Waals surface area (Å²) in [6, 6.07) is 5.95. The summed E-state index contributed by atoms with van der Waals surface area (Å²) < 4.78 is 0. The van der Waals surface area contributed by atoms with Crippen molar-refractivity contribution in [2.75, 3.05) is 0 Å². The lowest BCUT2D eigenvalue weighted by Gasteiger charge is -2.06. The Bertz CT molecular complexity index is 415. The number of aromatic nitrogens is 1. The zero-order valence-electron chi connectivity index (χ0n) is 8.79. The molecule has 2 rings (SSSR count). The van der Waals surface area contributed by atoms with Gasteiger partial charge < -0.3 is 5.32 Å². The van der Waals surface area contributed by atoms with Crippen molar-refractivity contribution in [3.05, 3.63) is 35.7 Å². The van der Waals surface area contributed by atoms with E-state index in [1.165, 1.54) is 0 Å². The first kappa shape index (κ1) is 9.96. The monoisotopic (exact) mass is 200 g/mol. The molecule has 4 heteroatoms. The summed E-state index contributed by atoms with van der Waals surface area (Å²) in [5, 5.41) is 3.23. The van der Waals surface area contributed by atoms with Gasteiger partial charge in [-0.3, -0.25) is 9.78 Å². The predicted molar refractivity (Wildman–Crippen MR) is 61.6 cm³/mol. The zero-order valence-corrected chi connectivity index (χ0v) is 8.79. The molecule has 0 amide bonds. The van der Waals surface area contributed by atoms with Crippen molar-refractivity contribution in [3.8, 4) is 0 Å². The van der Waals surface area contributed by atoms with Crippen LogP contribution in [0.5, 0.6) is 0 Å². The minimum absolute atomic E-state index is 0.217. The van der Waals surface area contributed by atoms with Crippen LogP contribution < -0.4 is 10.9 Å². The molecule has 76 valence electrons. The first-order chi connectivity index (χ1) is 7.24. The Balaban J connectivity index is 1.93. The van der Waals surface area contributed by atoms with Gasteiger partial charge in [0.2, 0.25) is 0 Å². The van der Waals surface area contributed by atoms with Gasteiger partial charge in [-0.05, 0) is 18.1 Å². The zero-order chi connectivity index (χ0) is 10.7. The third-order valence-corrected chi connectivity index (χ3v) is 2.42. The highest BCUT2D eigenvalue weighted by Crippen LogP contribution is 2.11. The lowest BCUT2D eigenvalue weighted by molar-refractivity contribution is -0.114. The molecule has 0 spiro atoms. The molecule has 0 saturated heterocycles. The summed E-state index contributed by atoms with van der Waals surface area (Å²) in [5.41, 5.74) is 3.06. The Morgan fingerprint density at radius 2 is 2.27 bits per heavy atom. The van der Waals surface area contributed by atoms with Crippen molar-refractivity contribution in [1.82, 2.24) is 10.3 Å². The molecule has 1 aliphatic carbocycles. The first-order valence-electron chi connectivity index (χ1n) is 5.14. The Morgan fingerprint density at radius 3 is 2.93 bits per heavy atom. The van der Waals surface area contributed by atoms with Gasteiger partial charge >= 0.3 is 0 Å². The molecule has 0 aromatic carbocycles. The Morgan fingerprint density at radius 1 is 1.40 bits per heavy atom. The molecule has 1 aliphatic rings. The Kier molecular flexibility index (Phi) is 2.85. The summed E-state index contributed by atoms with van der Waals surface area (Å²) in [6.07, 6.45) is 3.17. The maximum Gasteiger partial charge on any atom is 0.163 e. The molecule has 0 aliphatic heterocycles. The molecule has 0 radical (unpaired) electrons. The standard InChI is InChI=1S/C11H13BN2O/c12-11-3-1-2-9(14-11)7-13-8-4-5-10(15)6-8/h1-3,6,13H,4-5,7,12H2. The van der Waals surface area contributed by atoms with Crippen LogP contribution >= 0.6 is 0 Å². The van der Waals surface area contributed by atoms with Gasteiger partial charge in [0.1, 0.15) is 0 Å². The third-order valence-electron chi connectivity index (χ3n) is 2.42. The summed E-state index contributed by atoms with van der Waals surface area (Å²) in [7, 11) is 1.97. The molecule has 1 aromatic rings. The summed E-state index contributed by atoms with van der Waals surface area (Å²) in [6.45, 7) is 0.695. The molecule has 0 bridgehead atoms. The topological polar surface area (TPSA) is 42.0 Å². The molecule has 15 heavy (non-hydrogen) atoms. The van der Waals surface area contributed by atoms with E-state index < -0.39 is 0 Å². The maximum absolute atomic E-state index is 11.0. The van der Waals surface area contributed by atoms with Gasteiger partial charge in [0.05, 0.1) is 12.2 Å². The van der Waals surface area contributed by atoms with Gasteiger partial charge in [-0.1, -0.05) is 12.1 Å². The van der Waals surface area contributed by atoms with Gasteiger partial charge in [0.15, 0.2) is 13.6 Å². The predicted octanol–water partition coefficient (Wildman–Crippen LogP) is -0.324. The average Bonchev–Trinajstić information content (AvgIpc) is 2.62. The number of carbonyl (C=O) groups excluding carboxylic acids is 1. The van der Waals surface area contributed by atoms with E-state index in [4.69, 9.17) is 0 Å². The van der Waals surface area contributed by atoms with Crippen molar-refractivity contribution in [1.29, 1.82) is 0 Å². The number of rotatable bonds is 3. The van der Waals surface area contributed by atoms with Crippen LogP contribution in [0.3, 0.4) is 0 Å². The number of hydrogen-bond acceptors (Lipinski definition) is 3. The summed E-state index contributed by atoms with van der Waals surface area (Å²) >= 11 is 0. The Labute approximate surface area is 90.0 Å². The SMILES string of the molecule is Bc1cccc(CNC2=CC(=O)CC2)n1. The normalized spacial score (nSPS) is 15.2. The summed E-state index contributed by atoms with van der Waals surface area (Å²) in [4.78, 5) is 15.4. The maximum atomic E-state index is 11.0. The van der Waals surface area contributed by atoms with Crippen LogP contribution in [0.4, 0.5) is 0 Å². The molecule has 0 unspecified atom stereocenters. The molecule has 1 aromatic heterocycles. The van der Waals surface area contributed by atoms with Gasteiger partial charge in [-0.2, -0.15) is 0 Å². The largest absolute Gasteiger partial charge is 0.383 e. The molecule has 0 fully saturated rings. The minimum atomic E-state index is 0.217. The number of pyridine rings is 1. The number of nitrogens with one attached hydrogen (secondary N) is 1. The van der Waals surface area contributed by atoms with E-state index in [0.717, 1.165) is 23.4 Å². The number of hydrogen-bond donors (Lipinski definition) is 1. The second kappa shape index (κ2) is 4.30. The quantitative estimate of drug-likeness (QED) is 0.679. The number of nitrogens with zero attached hydrogens (tertiary/aromatic N) is 1. The number of carbonyl (C=O) groups is 1. The third kappa shape index (κ3) is 2.69. The molecular weight excluding hydrogens is 187 g/mol. The van der Waals surface area contributed by atoms with Crippen molar-refractivity contribution in [3.63, 3.8) is 0 Å². The lowest BCUT2D eigenvalue weighted by Crippen LogP contribution is -2.16. The fraction of sp³-hybridized carbons (Fsp3) is 0.273. The van der Waals surface area contributed by atoms with Crippen molar-refractivity contribution < 1.29 is 4.79 Å². The van der Waals surface area contributed by atoms with Crippen molar-refractivity contribution in [2.24, 2.45) is 0 Å². The summed E-state index contributed by atoms with van der Waals surface area (Å²) in [5.74, 6) is 0.217. The molecular formula is C11H13BN2O. The smallest absolute Gasteiger partial charge is 0.163 e. The highest BCUT2D eigenvalue weighted by molar-refractivity contribution is 6.30. The van der Waals surface area contributed by atoms with Crippen molar-refractivity contribution >= 4 is 19.2 Å². The first-order valence-corrected chi connectivity index (χ1v) is 5.14. The van der Waals surface area contributed by atoms with E-state index in [0.29, 0.717) is 13.0 Å². The van der Waals surface area contributed by atoms with E-state index in [1.54, 1.807) is 6.08 Å². The molecule has 3 nitrogen and oxygen atoms in total. The fourth-order valence-electron chi connectivity index (χ4n) is 1.64. The van der Waals surface area contributed by atoms with Gasteiger partial charge in [-0.25, -0.2) is 0 Å². The fourth-order valence-corrected chi connectivity index (χ4v) is 1.64. The second-order valence-corrected chi connectivity index (χ2v) is 3.76. The molecule has 1 heterocycles. The van der Waals surface area contributed by atoms with Crippen LogP contribution in [-0.2, 0) is 11.3 Å². The van der Waals surface area contributed by atoms with Crippen LogP contribution in [0.15, 0.2) is 30.0 Å². The van der Waals surface area contributed by atoms with Gasteiger partial charge in [-0.15, -0.1) is 0 Å². The van der Waals surface area contributed by atoms with Crippen molar-refractivity contribution in [2.45, 2.75) is 19.4 Å². The molecule has 1 N–H and O–H groups in total. The van der Waals surface area contributed by atoms with E-state index in [-0.39, 0.29) is 5.78 Å². The van der Waals surface area contributed by atoms with E-state index in [9.17, 15) is 4.79 Å². The highest BCUT2D eigenvalue weighted by atomic mass is 16.1. The van der Waals surface area contributed by atoms with Gasteiger partial charge in [0, 0.05) is 18.2 Å². The van der Waals surface area contributed by atoms with Crippen LogP contribution in [0.1, 0.15) is 18.5 Å². The number of allylic oxidation sites excluding steroid dienone is 2. The molecule has 0 saturated carbocycles.